The zero-order valence-electron chi connectivity index (χ0n) is 9.47. The number of hydrogen-bond acceptors (Lipinski definition) is 3. The second-order valence-electron chi connectivity index (χ2n) is 3.91. The Labute approximate surface area is 102 Å². The summed E-state index contributed by atoms with van der Waals surface area (Å²) >= 11 is 0. The molecule has 0 saturated heterocycles. The summed E-state index contributed by atoms with van der Waals surface area (Å²) in [4.78, 5) is 21.8. The van der Waals surface area contributed by atoms with Crippen LogP contribution in [0.3, 0.4) is 0 Å². The summed E-state index contributed by atoms with van der Waals surface area (Å²) in [5, 5.41) is 28.6. The largest absolute Gasteiger partial charge is 0.506 e. The lowest BCUT2D eigenvalue weighted by Crippen LogP contribution is -2.01. The molecule has 5 nitrogen and oxygen atoms in total. The quantitative estimate of drug-likeness (QED) is 0.755. The highest BCUT2D eigenvalue weighted by molar-refractivity contribution is 6.04. The number of aromatic hydroxyl groups is 1. The van der Waals surface area contributed by atoms with Gasteiger partial charge in [-0.2, -0.15) is 0 Å². The molecule has 5 heteroatoms. The van der Waals surface area contributed by atoms with Crippen molar-refractivity contribution in [3.05, 3.63) is 41.0 Å². The summed E-state index contributed by atoms with van der Waals surface area (Å²) in [6.07, 6.45) is 0. The van der Waals surface area contributed by atoms with Crippen molar-refractivity contribution in [3.8, 4) is 5.75 Å². The average Bonchev–Trinajstić information content (AvgIpc) is 2.29. The van der Waals surface area contributed by atoms with Gasteiger partial charge in [0.15, 0.2) is 0 Å². The van der Waals surface area contributed by atoms with Gasteiger partial charge in [0.05, 0.1) is 5.56 Å². The third-order valence-electron chi connectivity index (χ3n) is 2.90. The number of aromatic carboxylic acids is 2. The van der Waals surface area contributed by atoms with Crippen molar-refractivity contribution < 1.29 is 24.9 Å². The Bertz CT molecular complexity index is 613. The van der Waals surface area contributed by atoms with E-state index >= 15 is 0 Å². The molecular weight excluding hydrogens is 236 g/mol. The Balaban J connectivity index is 2.83. The number of rotatable bonds is 2. The second-order valence-corrected chi connectivity index (χ2v) is 3.91. The molecule has 0 radical (unpaired) electrons. The number of hydrogen-bond donors (Lipinski definition) is 3. The standard InChI is InChI=1S/C13H10O5/c1-6-7-2-5-10(13(17)18)11(14)9(7)4-3-8(6)12(15)16/h2-5,14H,1H3,(H,15,16)(H,17,18). The summed E-state index contributed by atoms with van der Waals surface area (Å²) in [5.41, 5.74) is 0.419. The Hall–Kier alpha value is -2.56. The third-order valence-corrected chi connectivity index (χ3v) is 2.90. The summed E-state index contributed by atoms with van der Waals surface area (Å²) in [5.74, 6) is -2.63. The lowest BCUT2D eigenvalue weighted by Gasteiger charge is -2.09. The molecule has 18 heavy (non-hydrogen) atoms. The van der Waals surface area contributed by atoms with Crippen molar-refractivity contribution in [1.29, 1.82) is 0 Å². The number of carbonyl (C=O) groups is 2. The van der Waals surface area contributed by atoms with E-state index in [-0.39, 0.29) is 16.9 Å². The van der Waals surface area contributed by atoms with Crippen LogP contribution in [-0.2, 0) is 0 Å². The highest BCUT2D eigenvalue weighted by Gasteiger charge is 2.16. The maximum atomic E-state index is 11.0. The fourth-order valence-electron chi connectivity index (χ4n) is 1.94. The van der Waals surface area contributed by atoms with Crippen LogP contribution in [-0.4, -0.2) is 27.3 Å². The molecule has 0 aromatic heterocycles. The molecule has 0 bridgehead atoms. The Kier molecular flexibility index (Phi) is 2.67. The molecule has 0 aliphatic carbocycles. The molecule has 0 unspecified atom stereocenters. The molecule has 2 rings (SSSR count). The maximum absolute atomic E-state index is 11.0. The SMILES string of the molecule is Cc1c(C(=O)O)ccc2c(O)c(C(=O)O)ccc12. The van der Waals surface area contributed by atoms with Crippen LogP contribution < -0.4 is 0 Å². The summed E-state index contributed by atoms with van der Waals surface area (Å²) in [6.45, 7) is 1.62. The molecule has 92 valence electrons. The lowest BCUT2D eigenvalue weighted by molar-refractivity contribution is 0.0683. The van der Waals surface area contributed by atoms with E-state index in [1.807, 2.05) is 0 Å². The first-order valence-electron chi connectivity index (χ1n) is 5.15. The van der Waals surface area contributed by atoms with Crippen molar-refractivity contribution in [1.82, 2.24) is 0 Å². The van der Waals surface area contributed by atoms with Gasteiger partial charge in [0.25, 0.3) is 0 Å². The van der Waals surface area contributed by atoms with E-state index in [4.69, 9.17) is 10.2 Å². The van der Waals surface area contributed by atoms with Gasteiger partial charge in [-0.25, -0.2) is 9.59 Å². The predicted molar refractivity (Wildman–Crippen MR) is 64.3 cm³/mol. The smallest absolute Gasteiger partial charge is 0.339 e. The van der Waals surface area contributed by atoms with Crippen LogP contribution in [0.25, 0.3) is 10.8 Å². The van der Waals surface area contributed by atoms with Crippen molar-refractivity contribution in [2.45, 2.75) is 6.92 Å². The topological polar surface area (TPSA) is 94.8 Å². The molecule has 2 aromatic carbocycles. The number of carboxylic acid groups (broad SMARTS) is 2. The van der Waals surface area contributed by atoms with Gasteiger partial charge in [0.2, 0.25) is 0 Å². The zero-order chi connectivity index (χ0) is 13.4. The predicted octanol–water partition coefficient (Wildman–Crippen LogP) is 2.25. The molecular formula is C13H10O5. The van der Waals surface area contributed by atoms with Crippen LogP contribution in [0.2, 0.25) is 0 Å². The van der Waals surface area contributed by atoms with Gasteiger partial charge in [0, 0.05) is 5.39 Å². The van der Waals surface area contributed by atoms with Crippen molar-refractivity contribution >= 4 is 22.7 Å². The number of fused-ring (bicyclic) bond motifs is 1. The minimum Gasteiger partial charge on any atom is -0.506 e. The lowest BCUT2D eigenvalue weighted by atomic mass is 9.97. The van der Waals surface area contributed by atoms with Crippen molar-refractivity contribution in [3.63, 3.8) is 0 Å². The van der Waals surface area contributed by atoms with Crippen molar-refractivity contribution in [2.75, 3.05) is 0 Å². The molecule has 0 fully saturated rings. The highest BCUT2D eigenvalue weighted by Crippen LogP contribution is 2.32. The summed E-state index contributed by atoms with van der Waals surface area (Å²) < 4.78 is 0. The number of aryl methyl sites for hydroxylation is 1. The Morgan fingerprint density at radius 1 is 0.889 bits per heavy atom. The van der Waals surface area contributed by atoms with E-state index in [0.717, 1.165) is 0 Å². The number of phenols is 1. The molecule has 0 atom stereocenters. The van der Waals surface area contributed by atoms with Crippen LogP contribution in [0.5, 0.6) is 5.75 Å². The van der Waals surface area contributed by atoms with Gasteiger partial charge in [0.1, 0.15) is 11.3 Å². The van der Waals surface area contributed by atoms with E-state index in [0.29, 0.717) is 16.3 Å². The minimum absolute atomic E-state index is 0.130. The first-order valence-corrected chi connectivity index (χ1v) is 5.15. The van der Waals surface area contributed by atoms with Crippen LogP contribution in [0.4, 0.5) is 0 Å². The zero-order valence-corrected chi connectivity index (χ0v) is 9.47. The molecule has 0 aliphatic heterocycles. The van der Waals surface area contributed by atoms with Crippen LogP contribution >= 0.6 is 0 Å². The van der Waals surface area contributed by atoms with E-state index in [9.17, 15) is 14.7 Å². The molecule has 0 amide bonds. The fourth-order valence-corrected chi connectivity index (χ4v) is 1.94. The van der Waals surface area contributed by atoms with Gasteiger partial charge in [-0.05, 0) is 36.1 Å². The van der Waals surface area contributed by atoms with Crippen LogP contribution in [0.15, 0.2) is 24.3 Å². The average molecular weight is 246 g/mol. The van der Waals surface area contributed by atoms with Gasteiger partial charge >= 0.3 is 11.9 Å². The number of benzene rings is 2. The Morgan fingerprint density at radius 3 is 1.94 bits per heavy atom. The molecule has 2 aromatic rings. The summed E-state index contributed by atoms with van der Waals surface area (Å²) in [7, 11) is 0. The molecule has 0 saturated carbocycles. The molecule has 0 spiro atoms. The van der Waals surface area contributed by atoms with Crippen LogP contribution in [0.1, 0.15) is 26.3 Å². The van der Waals surface area contributed by atoms with E-state index < -0.39 is 11.9 Å². The fraction of sp³-hybridized carbons (Fsp3) is 0.0769. The first kappa shape index (κ1) is 11.9. The van der Waals surface area contributed by atoms with E-state index in [2.05, 4.69) is 0 Å². The molecule has 0 heterocycles. The Morgan fingerprint density at radius 2 is 1.39 bits per heavy atom. The van der Waals surface area contributed by atoms with Gasteiger partial charge in [-0.3, -0.25) is 0 Å². The molecule has 3 N–H and O–H groups in total. The van der Waals surface area contributed by atoms with Gasteiger partial charge < -0.3 is 15.3 Å². The summed E-state index contributed by atoms with van der Waals surface area (Å²) in [6, 6.07) is 5.53. The van der Waals surface area contributed by atoms with Crippen LogP contribution in [0, 0.1) is 6.92 Å². The normalized spacial score (nSPS) is 10.5. The maximum Gasteiger partial charge on any atom is 0.339 e. The van der Waals surface area contributed by atoms with E-state index in [1.165, 1.54) is 24.3 Å². The first-order chi connectivity index (χ1) is 8.43. The molecule has 0 aliphatic rings. The second kappa shape index (κ2) is 4.03. The van der Waals surface area contributed by atoms with E-state index in [1.54, 1.807) is 6.92 Å². The minimum atomic E-state index is -1.23. The highest BCUT2D eigenvalue weighted by atomic mass is 16.4. The van der Waals surface area contributed by atoms with Crippen molar-refractivity contribution in [2.24, 2.45) is 0 Å². The van der Waals surface area contributed by atoms with Gasteiger partial charge in [-0.15, -0.1) is 0 Å². The van der Waals surface area contributed by atoms with Gasteiger partial charge in [-0.1, -0.05) is 6.07 Å². The number of carboxylic acids is 2. The third kappa shape index (κ3) is 1.66. The monoisotopic (exact) mass is 246 g/mol.